The highest BCUT2D eigenvalue weighted by Gasteiger charge is 2.39. The number of nitrogens with one attached hydrogen (secondary N) is 1. The second-order valence-electron chi connectivity index (χ2n) is 7.66. The summed E-state index contributed by atoms with van der Waals surface area (Å²) < 4.78 is 7.13. The van der Waals surface area contributed by atoms with E-state index in [4.69, 9.17) is 4.74 Å². The summed E-state index contributed by atoms with van der Waals surface area (Å²) in [6, 6.07) is 1.65. The second kappa shape index (κ2) is 9.21. The van der Waals surface area contributed by atoms with Crippen LogP contribution in [0, 0.1) is 18.8 Å². The molecule has 1 saturated heterocycles. The Bertz CT molecular complexity index is 656. The van der Waals surface area contributed by atoms with Crippen molar-refractivity contribution in [3.05, 3.63) is 17.5 Å². The van der Waals surface area contributed by atoms with Crippen molar-refractivity contribution in [2.45, 2.75) is 40.3 Å². The number of hydrogen-bond donors (Lipinski definition) is 1. The summed E-state index contributed by atoms with van der Waals surface area (Å²) in [4.78, 5) is 28.6. The Hall–Kier alpha value is -2.09. The molecular weight excluding hydrogens is 346 g/mol. The van der Waals surface area contributed by atoms with Gasteiger partial charge in [0.1, 0.15) is 5.69 Å². The molecule has 1 aliphatic rings. The molecule has 0 radical (unpaired) electrons. The SMILES string of the molecule is CCOCCn1nc(C)cc1C(=O)N1C[C@@H](NC(=O)N(C)C)[C@H](C(C)C)C1. The fraction of sp³-hybridized carbons (Fsp3) is 0.737. The fourth-order valence-corrected chi connectivity index (χ4v) is 3.46. The Balaban J connectivity index is 2.13. The molecule has 8 heteroatoms. The Morgan fingerprint density at radius 1 is 1.37 bits per heavy atom. The number of aromatic nitrogens is 2. The maximum absolute atomic E-state index is 13.1. The van der Waals surface area contributed by atoms with Gasteiger partial charge in [-0.2, -0.15) is 5.10 Å². The zero-order valence-corrected chi connectivity index (χ0v) is 17.4. The van der Waals surface area contributed by atoms with Gasteiger partial charge in [0.15, 0.2) is 0 Å². The molecule has 0 aliphatic carbocycles. The van der Waals surface area contributed by atoms with Gasteiger partial charge in [0.25, 0.3) is 5.91 Å². The van der Waals surface area contributed by atoms with E-state index in [1.807, 2.05) is 24.8 Å². The molecule has 0 saturated carbocycles. The number of nitrogens with zero attached hydrogens (tertiary/aromatic N) is 4. The minimum absolute atomic E-state index is 0.0423. The molecule has 152 valence electrons. The first-order chi connectivity index (χ1) is 12.7. The van der Waals surface area contributed by atoms with Gasteiger partial charge in [0.05, 0.1) is 24.9 Å². The van der Waals surface area contributed by atoms with Crippen LogP contribution in [0.5, 0.6) is 0 Å². The molecule has 0 unspecified atom stereocenters. The van der Waals surface area contributed by atoms with Crippen molar-refractivity contribution in [3.63, 3.8) is 0 Å². The molecular formula is C19H33N5O3. The second-order valence-corrected chi connectivity index (χ2v) is 7.66. The third-order valence-corrected chi connectivity index (χ3v) is 5.00. The zero-order chi connectivity index (χ0) is 20.1. The first kappa shape index (κ1) is 21.2. The van der Waals surface area contributed by atoms with Crippen LogP contribution in [-0.4, -0.2) is 78.0 Å². The van der Waals surface area contributed by atoms with Gasteiger partial charge in [-0.05, 0) is 25.8 Å². The van der Waals surface area contributed by atoms with Crippen molar-refractivity contribution in [1.29, 1.82) is 0 Å². The number of urea groups is 1. The number of likely N-dealkylation sites (tertiary alicyclic amines) is 1. The molecule has 1 aliphatic heterocycles. The number of amides is 3. The van der Waals surface area contributed by atoms with Crippen molar-refractivity contribution in [1.82, 2.24) is 24.9 Å². The van der Waals surface area contributed by atoms with Crippen LogP contribution < -0.4 is 5.32 Å². The van der Waals surface area contributed by atoms with Gasteiger partial charge >= 0.3 is 6.03 Å². The van der Waals surface area contributed by atoms with Gasteiger partial charge in [-0.3, -0.25) is 9.48 Å². The third kappa shape index (κ3) is 5.22. The molecule has 0 spiro atoms. The Morgan fingerprint density at radius 3 is 2.67 bits per heavy atom. The number of rotatable bonds is 7. The summed E-state index contributed by atoms with van der Waals surface area (Å²) in [5.74, 6) is 0.540. The maximum Gasteiger partial charge on any atom is 0.317 e. The molecule has 1 fully saturated rings. The molecule has 0 aromatic carbocycles. The molecule has 1 N–H and O–H groups in total. The lowest BCUT2D eigenvalue weighted by Crippen LogP contribution is -2.46. The third-order valence-electron chi connectivity index (χ3n) is 5.00. The number of ether oxygens (including phenoxy) is 1. The van der Waals surface area contributed by atoms with E-state index in [1.165, 1.54) is 4.90 Å². The summed E-state index contributed by atoms with van der Waals surface area (Å²) in [6.45, 7) is 10.9. The first-order valence-electron chi connectivity index (χ1n) is 9.63. The smallest absolute Gasteiger partial charge is 0.317 e. The van der Waals surface area contributed by atoms with Crippen LogP contribution in [0.3, 0.4) is 0 Å². The van der Waals surface area contributed by atoms with Crippen LogP contribution in [0.25, 0.3) is 0 Å². The molecule has 27 heavy (non-hydrogen) atoms. The van der Waals surface area contributed by atoms with Gasteiger partial charge in [-0.1, -0.05) is 13.8 Å². The molecule has 2 atom stereocenters. The van der Waals surface area contributed by atoms with E-state index in [2.05, 4.69) is 24.3 Å². The predicted molar refractivity (Wildman–Crippen MR) is 104 cm³/mol. The van der Waals surface area contributed by atoms with Gasteiger partial charge in [-0.15, -0.1) is 0 Å². The van der Waals surface area contributed by atoms with Crippen LogP contribution in [0.15, 0.2) is 6.07 Å². The predicted octanol–water partition coefficient (Wildman–Crippen LogP) is 1.60. The lowest BCUT2D eigenvalue weighted by atomic mass is 9.91. The molecule has 2 heterocycles. The normalized spacial score (nSPS) is 19.6. The van der Waals surface area contributed by atoms with Crippen LogP contribution in [0.1, 0.15) is 37.0 Å². The fourth-order valence-electron chi connectivity index (χ4n) is 3.46. The van der Waals surface area contributed by atoms with E-state index in [1.54, 1.807) is 18.8 Å². The number of hydrogen-bond acceptors (Lipinski definition) is 4. The van der Waals surface area contributed by atoms with Crippen molar-refractivity contribution in [3.8, 4) is 0 Å². The minimum atomic E-state index is -0.127. The number of carbonyl (C=O) groups excluding carboxylic acids is 2. The van der Waals surface area contributed by atoms with Crippen molar-refractivity contribution in [2.24, 2.45) is 11.8 Å². The van der Waals surface area contributed by atoms with Gasteiger partial charge in [-0.25, -0.2) is 4.79 Å². The highest BCUT2D eigenvalue weighted by atomic mass is 16.5. The lowest BCUT2D eigenvalue weighted by Gasteiger charge is -2.24. The summed E-state index contributed by atoms with van der Waals surface area (Å²) in [5.41, 5.74) is 1.39. The molecule has 0 bridgehead atoms. The van der Waals surface area contributed by atoms with E-state index >= 15 is 0 Å². The average Bonchev–Trinajstić information content (AvgIpc) is 3.18. The van der Waals surface area contributed by atoms with Crippen molar-refractivity contribution >= 4 is 11.9 Å². The molecule has 8 nitrogen and oxygen atoms in total. The zero-order valence-electron chi connectivity index (χ0n) is 17.4. The van der Waals surface area contributed by atoms with E-state index in [0.717, 1.165) is 5.69 Å². The van der Waals surface area contributed by atoms with Crippen molar-refractivity contribution in [2.75, 3.05) is 40.4 Å². The Kier molecular flexibility index (Phi) is 7.24. The number of carbonyl (C=O) groups is 2. The summed E-state index contributed by atoms with van der Waals surface area (Å²) in [7, 11) is 3.44. The van der Waals surface area contributed by atoms with Gasteiger partial charge < -0.3 is 19.9 Å². The monoisotopic (exact) mass is 379 g/mol. The van der Waals surface area contributed by atoms with Crippen LogP contribution in [0.2, 0.25) is 0 Å². The molecule has 3 amide bonds. The Morgan fingerprint density at radius 2 is 2.07 bits per heavy atom. The van der Waals surface area contributed by atoms with Gasteiger partial charge in [0, 0.05) is 39.7 Å². The number of aryl methyl sites for hydroxylation is 1. The largest absolute Gasteiger partial charge is 0.380 e. The lowest BCUT2D eigenvalue weighted by molar-refractivity contribution is 0.0764. The van der Waals surface area contributed by atoms with E-state index in [0.29, 0.717) is 44.5 Å². The highest BCUT2D eigenvalue weighted by molar-refractivity contribution is 5.93. The van der Waals surface area contributed by atoms with Gasteiger partial charge in [0.2, 0.25) is 0 Å². The van der Waals surface area contributed by atoms with Crippen molar-refractivity contribution < 1.29 is 14.3 Å². The van der Waals surface area contributed by atoms with E-state index in [-0.39, 0.29) is 23.9 Å². The Labute approximate surface area is 161 Å². The topological polar surface area (TPSA) is 79.7 Å². The molecule has 2 rings (SSSR count). The van der Waals surface area contributed by atoms with Crippen LogP contribution in [-0.2, 0) is 11.3 Å². The van der Waals surface area contributed by atoms with Crippen LogP contribution >= 0.6 is 0 Å². The quantitative estimate of drug-likeness (QED) is 0.730. The summed E-state index contributed by atoms with van der Waals surface area (Å²) in [6.07, 6.45) is 0. The standard InChI is InChI=1S/C19H33N5O3/c1-7-27-9-8-24-17(10-14(4)21-24)18(25)23-11-15(13(2)3)16(12-23)20-19(26)22(5)6/h10,13,15-16H,7-9,11-12H2,1-6H3,(H,20,26)/t15-,16+/m0/s1. The summed E-state index contributed by atoms with van der Waals surface area (Å²) in [5, 5.41) is 7.49. The average molecular weight is 380 g/mol. The van der Waals surface area contributed by atoms with Crippen LogP contribution in [0.4, 0.5) is 4.79 Å². The summed E-state index contributed by atoms with van der Waals surface area (Å²) >= 11 is 0. The highest BCUT2D eigenvalue weighted by Crippen LogP contribution is 2.26. The minimum Gasteiger partial charge on any atom is -0.380 e. The molecule has 1 aromatic heterocycles. The van der Waals surface area contributed by atoms with E-state index in [9.17, 15) is 9.59 Å². The first-order valence-corrected chi connectivity index (χ1v) is 9.63. The molecule has 1 aromatic rings. The maximum atomic E-state index is 13.1. The van der Waals surface area contributed by atoms with E-state index < -0.39 is 0 Å².